The van der Waals surface area contributed by atoms with Crippen LogP contribution in [0, 0.1) is 0 Å². The van der Waals surface area contributed by atoms with E-state index in [1.165, 1.54) is 60.3 Å². The Morgan fingerprint density at radius 3 is 1.50 bits per heavy atom. The van der Waals surface area contributed by atoms with Gasteiger partial charge in [0.05, 0.1) is 5.69 Å². The van der Waals surface area contributed by atoms with Gasteiger partial charge in [-0.3, -0.25) is 0 Å². The lowest BCUT2D eigenvalue weighted by molar-refractivity contribution is -0.680. The first-order chi connectivity index (χ1) is 22.8. The minimum Gasteiger partial charge on any atom is -0.310 e. The van der Waals surface area contributed by atoms with Gasteiger partial charge in [0.25, 0.3) is 0 Å². The number of fused-ring (bicyclic) bond motifs is 2. The quantitative estimate of drug-likeness (QED) is 0.194. The molecule has 0 aliphatic carbocycles. The molecule has 8 aromatic carbocycles. The predicted octanol–water partition coefficient (Wildman–Crippen LogP) is 11.3. The van der Waals surface area contributed by atoms with E-state index in [1.54, 1.807) is 0 Å². The van der Waals surface area contributed by atoms with Gasteiger partial charge in [-0.1, -0.05) is 115 Å². The third kappa shape index (κ3) is 5.21. The fourth-order valence-corrected chi connectivity index (χ4v) is 6.57. The van der Waals surface area contributed by atoms with Crippen molar-refractivity contribution in [2.75, 3.05) is 4.90 Å². The molecule has 2 heteroatoms. The molecule has 2 nitrogen and oxygen atoms in total. The molecule has 1 unspecified atom stereocenters. The molecule has 0 spiro atoms. The SMILES string of the molecule is c1ccc(N(c2ccc(-c3ccc([NH+](c4ccccc4)c4cccc5ccccc45)cc3)cc2)c2cccc3ccccc23)cc1. The van der Waals surface area contributed by atoms with Gasteiger partial charge in [-0.2, -0.15) is 0 Å². The molecule has 0 aliphatic heterocycles. The van der Waals surface area contributed by atoms with Crippen molar-refractivity contribution in [2.45, 2.75) is 0 Å². The minimum atomic E-state index is 1.12. The van der Waals surface area contributed by atoms with Gasteiger partial charge < -0.3 is 4.90 Å². The van der Waals surface area contributed by atoms with Crippen LogP contribution in [0.1, 0.15) is 0 Å². The van der Waals surface area contributed by atoms with Crippen molar-refractivity contribution in [2.24, 2.45) is 0 Å². The molecule has 218 valence electrons. The second-order valence-corrected chi connectivity index (χ2v) is 11.6. The molecule has 46 heavy (non-hydrogen) atoms. The standard InChI is InChI=1S/C44H32N2/c1-3-17-37(18-4-1)45(43-23-11-15-35-13-7-9-21-41(35)43)39-29-25-33(26-30-39)34-27-31-40(32-28-34)46(38-19-5-2-6-20-38)44-24-12-16-36-14-8-10-22-42(36)44/h1-32H/p+1. The summed E-state index contributed by atoms with van der Waals surface area (Å²) in [5.41, 5.74) is 9.46. The van der Waals surface area contributed by atoms with Gasteiger partial charge in [0.2, 0.25) is 0 Å². The van der Waals surface area contributed by atoms with Crippen LogP contribution in [0.15, 0.2) is 194 Å². The van der Waals surface area contributed by atoms with E-state index in [2.05, 4.69) is 199 Å². The summed E-state index contributed by atoms with van der Waals surface area (Å²) in [4.78, 5) is 3.59. The first-order valence-electron chi connectivity index (χ1n) is 15.8. The Hall–Kier alpha value is -5.96. The average Bonchev–Trinajstić information content (AvgIpc) is 3.14. The molecule has 0 radical (unpaired) electrons. The fraction of sp³-hybridized carbons (Fsp3) is 0. The highest BCUT2D eigenvalue weighted by atomic mass is 15.1. The lowest BCUT2D eigenvalue weighted by atomic mass is 10.0. The topological polar surface area (TPSA) is 7.68 Å². The van der Waals surface area contributed by atoms with Gasteiger partial charge in [-0.05, 0) is 82.6 Å². The first kappa shape index (κ1) is 27.6. The summed E-state index contributed by atoms with van der Waals surface area (Å²) < 4.78 is 0. The second-order valence-electron chi connectivity index (χ2n) is 11.6. The van der Waals surface area contributed by atoms with Crippen molar-refractivity contribution in [3.63, 3.8) is 0 Å². The van der Waals surface area contributed by atoms with E-state index in [1.807, 2.05) is 0 Å². The predicted molar refractivity (Wildman–Crippen MR) is 194 cm³/mol. The van der Waals surface area contributed by atoms with Gasteiger partial charge in [0.15, 0.2) is 0 Å². The maximum absolute atomic E-state index is 2.35. The summed E-state index contributed by atoms with van der Waals surface area (Å²) in [7, 11) is 0. The van der Waals surface area contributed by atoms with Crippen molar-refractivity contribution < 1.29 is 4.90 Å². The summed E-state index contributed by atoms with van der Waals surface area (Å²) in [6, 6.07) is 69.6. The van der Waals surface area contributed by atoms with E-state index in [-0.39, 0.29) is 0 Å². The second kappa shape index (κ2) is 12.2. The molecular formula is C44H33N2+. The van der Waals surface area contributed by atoms with E-state index in [0.29, 0.717) is 0 Å². The molecule has 8 rings (SSSR count). The van der Waals surface area contributed by atoms with Crippen LogP contribution in [-0.2, 0) is 0 Å². The minimum absolute atomic E-state index is 1.12. The van der Waals surface area contributed by atoms with Crippen LogP contribution >= 0.6 is 0 Å². The summed E-state index contributed by atoms with van der Waals surface area (Å²) >= 11 is 0. The van der Waals surface area contributed by atoms with E-state index in [4.69, 9.17) is 0 Å². The van der Waals surface area contributed by atoms with Crippen molar-refractivity contribution >= 4 is 55.7 Å². The molecular weight excluding hydrogens is 556 g/mol. The zero-order valence-electron chi connectivity index (χ0n) is 25.4. The van der Waals surface area contributed by atoms with E-state index >= 15 is 0 Å². The van der Waals surface area contributed by atoms with E-state index in [0.717, 1.165) is 11.4 Å². The third-order valence-corrected chi connectivity index (χ3v) is 8.78. The highest BCUT2D eigenvalue weighted by Gasteiger charge is 2.21. The van der Waals surface area contributed by atoms with Crippen molar-refractivity contribution in [1.29, 1.82) is 0 Å². The molecule has 1 atom stereocenters. The number of hydrogen-bond acceptors (Lipinski definition) is 1. The number of nitrogens with zero attached hydrogens (tertiary/aromatic N) is 1. The summed E-state index contributed by atoms with van der Waals surface area (Å²) in [5.74, 6) is 0. The fourth-order valence-electron chi connectivity index (χ4n) is 6.57. The summed E-state index contributed by atoms with van der Waals surface area (Å²) in [5, 5.41) is 4.97. The monoisotopic (exact) mass is 589 g/mol. The Bertz CT molecular complexity index is 2070. The molecule has 1 N–H and O–H groups in total. The zero-order valence-corrected chi connectivity index (χ0v) is 25.4. The van der Waals surface area contributed by atoms with Crippen LogP contribution in [0.3, 0.4) is 0 Å². The maximum atomic E-state index is 2.35. The van der Waals surface area contributed by atoms with Crippen molar-refractivity contribution in [3.05, 3.63) is 194 Å². The third-order valence-electron chi connectivity index (χ3n) is 8.78. The lowest BCUT2D eigenvalue weighted by Gasteiger charge is -2.27. The molecule has 0 aliphatic rings. The van der Waals surface area contributed by atoms with E-state index < -0.39 is 0 Å². The molecule has 0 saturated heterocycles. The van der Waals surface area contributed by atoms with Gasteiger partial charge in [0.1, 0.15) is 17.1 Å². The number of quaternary nitrogens is 1. The zero-order chi connectivity index (χ0) is 30.7. The Morgan fingerprint density at radius 1 is 0.326 bits per heavy atom. The lowest BCUT2D eigenvalue weighted by Crippen LogP contribution is -2.96. The number of anilines is 3. The van der Waals surface area contributed by atoms with Crippen molar-refractivity contribution in [3.8, 4) is 11.1 Å². The van der Waals surface area contributed by atoms with E-state index in [9.17, 15) is 0 Å². The average molecular weight is 590 g/mol. The molecule has 0 aromatic heterocycles. The summed E-state index contributed by atoms with van der Waals surface area (Å²) in [6.45, 7) is 0. The van der Waals surface area contributed by atoms with Crippen LogP contribution in [0.25, 0.3) is 32.7 Å². The van der Waals surface area contributed by atoms with Gasteiger partial charge in [-0.15, -0.1) is 0 Å². The molecule has 0 amide bonds. The largest absolute Gasteiger partial charge is 0.310 e. The smallest absolute Gasteiger partial charge is 0.149 e. The number of para-hydroxylation sites is 2. The van der Waals surface area contributed by atoms with Crippen LogP contribution < -0.4 is 9.80 Å². The highest BCUT2D eigenvalue weighted by Crippen LogP contribution is 2.39. The van der Waals surface area contributed by atoms with Crippen molar-refractivity contribution in [1.82, 2.24) is 0 Å². The molecule has 8 aromatic rings. The Balaban J connectivity index is 1.16. The highest BCUT2D eigenvalue weighted by molar-refractivity contribution is 5.99. The van der Waals surface area contributed by atoms with Gasteiger partial charge in [0, 0.05) is 40.3 Å². The number of hydrogen-bond donors (Lipinski definition) is 1. The summed E-state index contributed by atoms with van der Waals surface area (Å²) in [6.07, 6.45) is 0. The van der Waals surface area contributed by atoms with Crippen LogP contribution in [0.2, 0.25) is 0 Å². The maximum Gasteiger partial charge on any atom is 0.149 e. The first-order valence-corrected chi connectivity index (χ1v) is 15.8. The molecule has 0 heterocycles. The molecule has 0 bridgehead atoms. The molecule has 0 saturated carbocycles. The normalized spacial score (nSPS) is 11.8. The van der Waals surface area contributed by atoms with Gasteiger partial charge in [-0.25, -0.2) is 4.90 Å². The van der Waals surface area contributed by atoms with Gasteiger partial charge >= 0.3 is 0 Å². The Kier molecular flexibility index (Phi) is 7.32. The van der Waals surface area contributed by atoms with Crippen LogP contribution in [0.5, 0.6) is 0 Å². The van der Waals surface area contributed by atoms with Crippen LogP contribution in [-0.4, -0.2) is 0 Å². The Labute approximate surface area is 270 Å². The number of nitrogens with one attached hydrogen (secondary N) is 1. The Morgan fingerprint density at radius 2 is 0.804 bits per heavy atom. The number of rotatable bonds is 7. The molecule has 0 fully saturated rings. The number of benzene rings is 8. The van der Waals surface area contributed by atoms with Crippen LogP contribution in [0.4, 0.5) is 34.1 Å².